The molecule has 0 amide bonds. The maximum absolute atomic E-state index is 13.9. The fraction of sp³-hybridized carbons (Fsp3) is 0.571. The van der Waals surface area contributed by atoms with Crippen molar-refractivity contribution in [2.75, 3.05) is 14.2 Å². The van der Waals surface area contributed by atoms with E-state index in [2.05, 4.69) is 25.6 Å². The maximum atomic E-state index is 13.9. The van der Waals surface area contributed by atoms with Crippen molar-refractivity contribution in [2.45, 2.75) is 63.1 Å². The Bertz CT molecular complexity index is 1020. The van der Waals surface area contributed by atoms with Crippen LogP contribution in [0.4, 0.5) is 0 Å². The zero-order valence-corrected chi connectivity index (χ0v) is 23.8. The Labute approximate surface area is 207 Å². The molecule has 32 heavy (non-hydrogen) atoms. The Morgan fingerprint density at radius 1 is 1.19 bits per heavy atom. The van der Waals surface area contributed by atoms with Gasteiger partial charge in [0.1, 0.15) is 30.4 Å². The lowest BCUT2D eigenvalue weighted by atomic mass is 9.89. The maximum Gasteiger partial charge on any atom is 0.221 e. The molecule has 2 unspecified atom stereocenters. The molecule has 0 aliphatic heterocycles. The fourth-order valence-corrected chi connectivity index (χ4v) is 7.48. The quantitative estimate of drug-likeness (QED) is 0.452. The van der Waals surface area contributed by atoms with Crippen LogP contribution in [0.3, 0.4) is 0 Å². The van der Waals surface area contributed by atoms with Gasteiger partial charge in [0.05, 0.1) is 7.11 Å². The van der Waals surface area contributed by atoms with E-state index in [1.54, 1.807) is 52.4 Å². The first-order valence-corrected chi connectivity index (χ1v) is 14.2. The van der Waals surface area contributed by atoms with Gasteiger partial charge in [0, 0.05) is 30.3 Å². The molecule has 0 radical (unpaired) electrons. The van der Waals surface area contributed by atoms with E-state index in [1.165, 1.54) is 15.6 Å². The number of aromatic nitrogens is 1. The summed E-state index contributed by atoms with van der Waals surface area (Å²) in [5.74, 6) is 0.704. The molecule has 2 aromatic rings. The number of ether oxygens (including phenoxy) is 1. The minimum atomic E-state index is -3.88. The van der Waals surface area contributed by atoms with E-state index in [4.69, 9.17) is 4.74 Å². The molecule has 1 aromatic heterocycles. The highest BCUT2D eigenvalue weighted by atomic mass is 79.9. The van der Waals surface area contributed by atoms with Crippen LogP contribution in [-0.4, -0.2) is 45.9 Å². The predicted octanol–water partition coefficient (Wildman–Crippen LogP) is 4.42. The van der Waals surface area contributed by atoms with Gasteiger partial charge in [-0.15, -0.1) is 16.1 Å². The van der Waals surface area contributed by atoms with Crippen molar-refractivity contribution < 1.29 is 17.7 Å². The predicted molar refractivity (Wildman–Crippen MR) is 136 cm³/mol. The molecule has 1 aromatic carbocycles. The van der Waals surface area contributed by atoms with Crippen LogP contribution in [0.1, 0.15) is 52.1 Å². The van der Waals surface area contributed by atoms with Crippen molar-refractivity contribution in [3.8, 4) is 5.75 Å². The second-order valence-corrected chi connectivity index (χ2v) is 15.4. The molecule has 0 saturated carbocycles. The van der Waals surface area contributed by atoms with Gasteiger partial charge >= 0.3 is 0 Å². The highest BCUT2D eigenvalue weighted by Crippen LogP contribution is 2.43. The van der Waals surface area contributed by atoms with Gasteiger partial charge in [-0.2, -0.15) is 0 Å². The first-order valence-electron chi connectivity index (χ1n) is 9.96. The normalized spacial score (nSPS) is 16.1. The first-order chi connectivity index (χ1) is 14.6. The first kappa shape index (κ1) is 27.6. The second-order valence-electron chi connectivity index (χ2n) is 9.20. The number of nitrogens with zero attached hydrogens (tertiary/aromatic N) is 2. The van der Waals surface area contributed by atoms with Crippen molar-refractivity contribution in [1.29, 1.82) is 0 Å². The van der Waals surface area contributed by atoms with Gasteiger partial charge in [0.2, 0.25) is 10.0 Å². The summed E-state index contributed by atoms with van der Waals surface area (Å²) in [6.07, 6.45) is 0. The third kappa shape index (κ3) is 5.51. The molecule has 7 nitrogen and oxygen atoms in total. The highest BCUT2D eigenvalue weighted by Gasteiger charge is 2.58. The number of nitrogens with one attached hydrogen (secondary N) is 1. The molecule has 11 heteroatoms. The third-order valence-electron chi connectivity index (χ3n) is 5.58. The second kappa shape index (κ2) is 9.89. The Hall–Kier alpha value is -0.690. The lowest BCUT2D eigenvalue weighted by molar-refractivity contribution is 0.306. The number of thiazole rings is 1. The van der Waals surface area contributed by atoms with Gasteiger partial charge in [-0.1, -0.05) is 12.1 Å². The molecule has 0 fully saturated rings. The van der Waals surface area contributed by atoms with Gasteiger partial charge < -0.3 is 9.29 Å². The monoisotopic (exact) mass is 565 g/mol. The Morgan fingerprint density at radius 2 is 1.75 bits per heavy atom. The number of benzene rings is 1. The van der Waals surface area contributed by atoms with E-state index < -0.39 is 36.4 Å². The van der Waals surface area contributed by atoms with Crippen LogP contribution < -0.4 is 9.46 Å². The summed E-state index contributed by atoms with van der Waals surface area (Å²) in [6.45, 7) is 10.8. The Balaban J connectivity index is 2.47. The lowest BCUT2D eigenvalue weighted by Gasteiger charge is -2.44. The van der Waals surface area contributed by atoms with Crippen molar-refractivity contribution >= 4 is 48.7 Å². The minimum Gasteiger partial charge on any atom is -0.598 e. The van der Waals surface area contributed by atoms with E-state index in [0.717, 1.165) is 5.56 Å². The zero-order valence-electron chi connectivity index (χ0n) is 19.7. The van der Waals surface area contributed by atoms with Crippen LogP contribution in [0, 0.1) is 0 Å². The molecule has 0 aliphatic rings. The van der Waals surface area contributed by atoms with E-state index in [9.17, 15) is 13.0 Å². The summed E-state index contributed by atoms with van der Waals surface area (Å²) >= 11 is 3.15. The van der Waals surface area contributed by atoms with E-state index >= 15 is 0 Å². The van der Waals surface area contributed by atoms with E-state index in [0.29, 0.717) is 15.4 Å². The Morgan fingerprint density at radius 3 is 2.19 bits per heavy atom. The van der Waals surface area contributed by atoms with Gasteiger partial charge in [-0.25, -0.2) is 17.7 Å². The number of sulfonamides is 1. The van der Waals surface area contributed by atoms with E-state index in [1.807, 2.05) is 32.9 Å². The van der Waals surface area contributed by atoms with Crippen LogP contribution >= 0.6 is 27.3 Å². The average Bonchev–Trinajstić information content (AvgIpc) is 3.14. The van der Waals surface area contributed by atoms with Crippen LogP contribution in [0.15, 0.2) is 34.2 Å². The highest BCUT2D eigenvalue weighted by molar-refractivity contribution is 9.10. The zero-order chi connectivity index (χ0) is 24.5. The number of hydrogen-bond acceptors (Lipinski definition) is 7. The minimum absolute atomic E-state index is 0.190. The summed E-state index contributed by atoms with van der Waals surface area (Å²) in [5, 5.41) is 2.33. The standard InChI is InChI=1S/C21H32BrN3O4S3/c1-19(2,3)31(26)24-21(6,18-23-17(22)14-30-18)20(4,5)32(27,28)25(7)13-15-9-11-16(29-8)12-10-15/h9-12,14,24H,13H2,1-8H3. The summed E-state index contributed by atoms with van der Waals surface area (Å²) in [6, 6.07) is 7.27. The SMILES string of the molecule is COc1ccc(CN(C)S(=O)(=O)C(C)(C)C(C)(N[S+]([O-])C(C)(C)C)c2nc(Br)cs2)cc1. The van der Waals surface area contributed by atoms with Gasteiger partial charge in [0.15, 0.2) is 0 Å². The van der Waals surface area contributed by atoms with Crippen molar-refractivity contribution in [3.63, 3.8) is 0 Å². The Kier molecular flexibility index (Phi) is 8.52. The van der Waals surface area contributed by atoms with Crippen LogP contribution in [0.2, 0.25) is 0 Å². The number of halogens is 1. The van der Waals surface area contributed by atoms with Crippen molar-refractivity contribution in [2.24, 2.45) is 0 Å². The molecule has 180 valence electrons. The van der Waals surface area contributed by atoms with Crippen LogP contribution in [0.25, 0.3) is 0 Å². The third-order valence-corrected chi connectivity index (χ3v) is 11.7. The van der Waals surface area contributed by atoms with Crippen LogP contribution in [0.5, 0.6) is 5.75 Å². The van der Waals surface area contributed by atoms with Crippen molar-refractivity contribution in [3.05, 3.63) is 44.8 Å². The molecule has 0 spiro atoms. The molecular formula is C21H32BrN3O4S3. The lowest BCUT2D eigenvalue weighted by Crippen LogP contribution is -2.64. The number of hydrogen-bond donors (Lipinski definition) is 1. The van der Waals surface area contributed by atoms with E-state index in [-0.39, 0.29) is 6.54 Å². The number of methoxy groups -OCH3 is 1. The smallest absolute Gasteiger partial charge is 0.221 e. The van der Waals surface area contributed by atoms with Crippen molar-refractivity contribution in [1.82, 2.24) is 14.0 Å². The van der Waals surface area contributed by atoms with Gasteiger partial charge in [-0.3, -0.25) is 0 Å². The molecule has 0 aliphatic carbocycles. The topological polar surface area (TPSA) is 94.6 Å². The van der Waals surface area contributed by atoms with Crippen LogP contribution in [-0.2, 0) is 33.5 Å². The molecular weight excluding hydrogens is 534 g/mol. The summed E-state index contributed by atoms with van der Waals surface area (Å²) in [5.41, 5.74) is -0.396. The molecule has 2 atom stereocenters. The summed E-state index contributed by atoms with van der Waals surface area (Å²) in [7, 11) is -0.744. The summed E-state index contributed by atoms with van der Waals surface area (Å²) in [4.78, 5) is 4.50. The fourth-order valence-electron chi connectivity index (χ4n) is 2.97. The van der Waals surface area contributed by atoms with Gasteiger partial charge in [-0.05, 0) is 75.2 Å². The van der Waals surface area contributed by atoms with Gasteiger partial charge in [0.25, 0.3) is 0 Å². The molecule has 2 rings (SSSR count). The molecule has 1 N–H and O–H groups in total. The average molecular weight is 567 g/mol. The molecule has 0 bridgehead atoms. The molecule has 0 saturated heterocycles. The number of rotatable bonds is 9. The summed E-state index contributed by atoms with van der Waals surface area (Å²) < 4.78 is 49.1. The largest absolute Gasteiger partial charge is 0.598 e. The molecule has 1 heterocycles.